The molecule has 2 aromatic heterocycles. The maximum atomic E-state index is 12.0. The van der Waals surface area contributed by atoms with Gasteiger partial charge in [-0.15, -0.1) is 0 Å². The Morgan fingerprint density at radius 3 is 2.65 bits per heavy atom. The minimum atomic E-state index is -0.435. The van der Waals surface area contributed by atoms with Crippen LogP contribution in [0.4, 0.5) is 0 Å². The predicted molar refractivity (Wildman–Crippen MR) is 75.9 cm³/mol. The first-order chi connectivity index (χ1) is 9.42. The summed E-state index contributed by atoms with van der Waals surface area (Å²) in [6, 6.07) is 3.64. The van der Waals surface area contributed by atoms with Crippen molar-refractivity contribution < 1.29 is 4.79 Å². The molecule has 0 unspecified atom stereocenters. The molecule has 0 aliphatic heterocycles. The molecule has 0 saturated heterocycles. The van der Waals surface area contributed by atoms with Crippen LogP contribution in [0.25, 0.3) is 5.82 Å². The van der Waals surface area contributed by atoms with Gasteiger partial charge in [0.25, 0.3) is 5.56 Å². The summed E-state index contributed by atoms with van der Waals surface area (Å²) in [6.45, 7) is 5.65. The molecule has 2 heterocycles. The Labute approximate surface area is 116 Å². The number of carbonyl (C=O) groups excluding carboxylic acids is 1. The summed E-state index contributed by atoms with van der Waals surface area (Å²) in [4.78, 5) is 25.9. The van der Waals surface area contributed by atoms with E-state index in [2.05, 4.69) is 10.1 Å². The number of aromatic amines is 1. The van der Waals surface area contributed by atoms with E-state index in [1.54, 1.807) is 10.7 Å². The molecule has 2 rings (SSSR count). The molecule has 0 bridgehead atoms. The maximum absolute atomic E-state index is 12.0. The number of nitrogens with zero attached hydrogens (tertiary/aromatic N) is 2. The first-order valence-corrected chi connectivity index (χ1v) is 6.49. The Morgan fingerprint density at radius 1 is 1.40 bits per heavy atom. The molecule has 106 valence electrons. The van der Waals surface area contributed by atoms with Gasteiger partial charge >= 0.3 is 0 Å². The molecular weight excluding hydrogens is 256 g/mol. The standard InChI is InChI=1S/C14H18N4O2/c1-4-11-8(2)5-13(16-14(11)20)18-10(7-12(15)19)6-9(3)17-18/h5-6H,4,7H2,1-3H3,(H2,15,19)(H,16,20). The fraction of sp³-hybridized carbons (Fsp3) is 0.357. The van der Waals surface area contributed by atoms with Gasteiger partial charge in [-0.1, -0.05) is 6.92 Å². The summed E-state index contributed by atoms with van der Waals surface area (Å²) in [6.07, 6.45) is 0.755. The molecule has 1 amide bonds. The number of H-pyrrole nitrogens is 1. The molecule has 6 nitrogen and oxygen atoms in total. The van der Waals surface area contributed by atoms with Crippen molar-refractivity contribution in [3.63, 3.8) is 0 Å². The molecule has 0 radical (unpaired) electrons. The fourth-order valence-corrected chi connectivity index (χ4v) is 2.32. The van der Waals surface area contributed by atoms with Crippen molar-refractivity contribution in [1.29, 1.82) is 0 Å². The SMILES string of the molecule is CCc1c(C)cc(-n2nc(C)cc2CC(N)=O)[nH]c1=O. The highest BCUT2D eigenvalue weighted by atomic mass is 16.1. The summed E-state index contributed by atoms with van der Waals surface area (Å²) >= 11 is 0. The maximum Gasteiger partial charge on any atom is 0.252 e. The second-order valence-corrected chi connectivity index (χ2v) is 4.83. The van der Waals surface area contributed by atoms with Gasteiger partial charge in [-0.2, -0.15) is 5.10 Å². The Balaban J connectivity index is 2.57. The molecule has 3 N–H and O–H groups in total. The molecule has 0 aliphatic carbocycles. The average molecular weight is 274 g/mol. The topological polar surface area (TPSA) is 93.8 Å². The summed E-state index contributed by atoms with van der Waals surface area (Å²) in [7, 11) is 0. The lowest BCUT2D eigenvalue weighted by Crippen LogP contribution is -2.20. The van der Waals surface area contributed by atoms with E-state index >= 15 is 0 Å². The van der Waals surface area contributed by atoms with E-state index in [0.717, 1.165) is 16.8 Å². The monoisotopic (exact) mass is 274 g/mol. The third-order valence-corrected chi connectivity index (χ3v) is 3.19. The van der Waals surface area contributed by atoms with Crippen molar-refractivity contribution >= 4 is 5.91 Å². The number of aryl methyl sites for hydroxylation is 2. The number of carbonyl (C=O) groups is 1. The first kappa shape index (κ1) is 14.0. The van der Waals surface area contributed by atoms with Gasteiger partial charge in [0.05, 0.1) is 17.8 Å². The number of aromatic nitrogens is 3. The molecule has 0 aliphatic rings. The average Bonchev–Trinajstić information content (AvgIpc) is 2.68. The van der Waals surface area contributed by atoms with Crippen LogP contribution in [0.2, 0.25) is 0 Å². The number of rotatable bonds is 4. The second kappa shape index (κ2) is 5.32. The Kier molecular flexibility index (Phi) is 3.74. The number of hydrogen-bond donors (Lipinski definition) is 2. The van der Waals surface area contributed by atoms with Gasteiger partial charge in [0.1, 0.15) is 5.82 Å². The lowest BCUT2D eigenvalue weighted by atomic mass is 10.1. The summed E-state index contributed by atoms with van der Waals surface area (Å²) in [5.74, 6) is 0.115. The third-order valence-electron chi connectivity index (χ3n) is 3.19. The summed E-state index contributed by atoms with van der Waals surface area (Å²) in [5.41, 5.74) is 8.20. The number of amides is 1. The normalized spacial score (nSPS) is 10.8. The summed E-state index contributed by atoms with van der Waals surface area (Å²) < 4.78 is 1.56. The van der Waals surface area contributed by atoms with Gasteiger partial charge in [0.2, 0.25) is 5.91 Å². The van der Waals surface area contributed by atoms with Gasteiger partial charge in [-0.25, -0.2) is 4.68 Å². The Hall–Kier alpha value is -2.37. The fourth-order valence-electron chi connectivity index (χ4n) is 2.32. The number of nitrogens with one attached hydrogen (secondary N) is 1. The van der Waals surface area contributed by atoms with Crippen LogP contribution in [-0.2, 0) is 17.6 Å². The highest BCUT2D eigenvalue weighted by Crippen LogP contribution is 2.13. The van der Waals surface area contributed by atoms with E-state index in [0.29, 0.717) is 17.9 Å². The molecule has 0 spiro atoms. The molecular formula is C14H18N4O2. The van der Waals surface area contributed by atoms with E-state index in [-0.39, 0.29) is 12.0 Å². The minimum absolute atomic E-state index is 0.0808. The number of nitrogens with two attached hydrogens (primary N) is 1. The zero-order valence-corrected chi connectivity index (χ0v) is 11.9. The van der Waals surface area contributed by atoms with E-state index in [9.17, 15) is 9.59 Å². The Bertz CT molecular complexity index is 712. The molecule has 2 aromatic rings. The molecule has 6 heteroatoms. The van der Waals surface area contributed by atoms with E-state index in [1.165, 1.54) is 0 Å². The van der Waals surface area contributed by atoms with Gasteiger partial charge in [-0.3, -0.25) is 9.59 Å². The van der Waals surface area contributed by atoms with Crippen LogP contribution in [0.15, 0.2) is 16.9 Å². The van der Waals surface area contributed by atoms with Crippen LogP contribution in [0.5, 0.6) is 0 Å². The van der Waals surface area contributed by atoms with Crippen molar-refractivity contribution in [3.8, 4) is 5.82 Å². The van der Waals surface area contributed by atoms with Crippen LogP contribution >= 0.6 is 0 Å². The van der Waals surface area contributed by atoms with Crippen LogP contribution in [0.1, 0.15) is 29.4 Å². The van der Waals surface area contributed by atoms with Crippen LogP contribution < -0.4 is 11.3 Å². The largest absolute Gasteiger partial charge is 0.369 e. The smallest absolute Gasteiger partial charge is 0.252 e. The van der Waals surface area contributed by atoms with Crippen molar-refractivity contribution in [3.05, 3.63) is 45.0 Å². The Morgan fingerprint density at radius 2 is 2.10 bits per heavy atom. The highest BCUT2D eigenvalue weighted by Gasteiger charge is 2.12. The van der Waals surface area contributed by atoms with Crippen LogP contribution in [-0.4, -0.2) is 20.7 Å². The minimum Gasteiger partial charge on any atom is -0.369 e. The van der Waals surface area contributed by atoms with E-state index < -0.39 is 5.91 Å². The molecule has 0 fully saturated rings. The van der Waals surface area contributed by atoms with Crippen molar-refractivity contribution in [2.24, 2.45) is 5.73 Å². The van der Waals surface area contributed by atoms with Gasteiger partial charge in [0.15, 0.2) is 0 Å². The van der Waals surface area contributed by atoms with E-state index in [4.69, 9.17) is 5.73 Å². The van der Waals surface area contributed by atoms with Crippen molar-refractivity contribution in [2.75, 3.05) is 0 Å². The number of pyridine rings is 1. The van der Waals surface area contributed by atoms with Crippen LogP contribution in [0, 0.1) is 13.8 Å². The lowest BCUT2D eigenvalue weighted by Gasteiger charge is -2.09. The third kappa shape index (κ3) is 2.64. The number of hydrogen-bond acceptors (Lipinski definition) is 3. The zero-order valence-electron chi connectivity index (χ0n) is 11.9. The predicted octanol–water partition coefficient (Wildman–Crippen LogP) is 0.768. The molecule has 20 heavy (non-hydrogen) atoms. The van der Waals surface area contributed by atoms with Crippen molar-refractivity contribution in [1.82, 2.24) is 14.8 Å². The zero-order chi connectivity index (χ0) is 14.9. The molecule has 0 aromatic carbocycles. The van der Waals surface area contributed by atoms with E-state index in [1.807, 2.05) is 26.8 Å². The second-order valence-electron chi connectivity index (χ2n) is 4.83. The number of primary amides is 1. The van der Waals surface area contributed by atoms with Gasteiger partial charge < -0.3 is 10.7 Å². The van der Waals surface area contributed by atoms with Gasteiger partial charge in [-0.05, 0) is 38.0 Å². The molecule has 0 atom stereocenters. The highest BCUT2D eigenvalue weighted by molar-refractivity contribution is 5.76. The van der Waals surface area contributed by atoms with Crippen molar-refractivity contribution in [2.45, 2.75) is 33.6 Å². The van der Waals surface area contributed by atoms with Crippen LogP contribution in [0.3, 0.4) is 0 Å². The lowest BCUT2D eigenvalue weighted by molar-refractivity contribution is -0.117. The first-order valence-electron chi connectivity index (χ1n) is 6.49. The van der Waals surface area contributed by atoms with Gasteiger partial charge in [0, 0.05) is 5.56 Å². The summed E-state index contributed by atoms with van der Waals surface area (Å²) in [5, 5.41) is 4.31. The quantitative estimate of drug-likeness (QED) is 0.862. The molecule has 0 saturated carbocycles.